The maximum Gasteiger partial charge on any atom is 0.313 e. The van der Waals surface area contributed by atoms with Crippen molar-refractivity contribution in [3.63, 3.8) is 0 Å². The van der Waals surface area contributed by atoms with Crippen molar-refractivity contribution in [2.45, 2.75) is 57.7 Å². The first-order valence-electron chi connectivity index (χ1n) is 7.80. The van der Waals surface area contributed by atoms with E-state index in [9.17, 15) is 14.0 Å². The van der Waals surface area contributed by atoms with E-state index in [4.69, 9.17) is 17.3 Å². The van der Waals surface area contributed by atoms with Crippen LogP contribution in [-0.2, 0) is 9.59 Å². The average molecular weight is 356 g/mol. The summed E-state index contributed by atoms with van der Waals surface area (Å²) in [5.74, 6) is -2.01. The first-order chi connectivity index (χ1) is 10.9. The number of halogens is 2. The summed E-state index contributed by atoms with van der Waals surface area (Å²) in [6.07, 6.45) is 1.22. The van der Waals surface area contributed by atoms with Gasteiger partial charge in [-0.15, -0.1) is 0 Å². The van der Waals surface area contributed by atoms with Gasteiger partial charge in [-0.2, -0.15) is 0 Å². The van der Waals surface area contributed by atoms with Crippen molar-refractivity contribution in [1.82, 2.24) is 4.90 Å². The highest BCUT2D eigenvalue weighted by Crippen LogP contribution is 2.38. The number of benzene rings is 1. The van der Waals surface area contributed by atoms with Crippen LogP contribution in [0.5, 0.6) is 0 Å². The predicted molar refractivity (Wildman–Crippen MR) is 92.3 cm³/mol. The average Bonchev–Trinajstić information content (AvgIpc) is 2.39. The summed E-state index contributed by atoms with van der Waals surface area (Å²) in [5, 5.41) is 2.36. The number of amides is 2. The highest BCUT2D eigenvalue weighted by atomic mass is 35.5. The number of nitrogens with two attached hydrogens (primary N) is 1. The second-order valence-electron chi connectivity index (χ2n) is 7.52. The van der Waals surface area contributed by atoms with Crippen LogP contribution in [0.4, 0.5) is 10.1 Å². The molecule has 2 rings (SSSR count). The Labute approximate surface area is 146 Å². The lowest BCUT2D eigenvalue weighted by atomic mass is 9.77. The smallest absolute Gasteiger partial charge is 0.313 e. The van der Waals surface area contributed by atoms with E-state index in [0.29, 0.717) is 12.8 Å². The van der Waals surface area contributed by atoms with E-state index >= 15 is 0 Å². The monoisotopic (exact) mass is 355 g/mol. The summed E-state index contributed by atoms with van der Waals surface area (Å²) in [7, 11) is 0. The van der Waals surface area contributed by atoms with Crippen LogP contribution in [0.2, 0.25) is 5.02 Å². The largest absolute Gasteiger partial charge is 0.328 e. The highest BCUT2D eigenvalue weighted by molar-refractivity contribution is 6.40. The quantitative estimate of drug-likeness (QED) is 0.760. The van der Waals surface area contributed by atoms with Gasteiger partial charge < -0.3 is 16.0 Å². The predicted octanol–water partition coefficient (Wildman–Crippen LogP) is 2.92. The van der Waals surface area contributed by atoms with Gasteiger partial charge in [-0.25, -0.2) is 4.39 Å². The molecule has 24 heavy (non-hydrogen) atoms. The lowest BCUT2D eigenvalue weighted by molar-refractivity contribution is -0.156. The number of hydrogen-bond donors (Lipinski definition) is 2. The Morgan fingerprint density at radius 3 is 2.29 bits per heavy atom. The fraction of sp³-hybridized carbons (Fsp3) is 0.529. The second kappa shape index (κ2) is 6.33. The topological polar surface area (TPSA) is 75.4 Å². The molecule has 3 N–H and O–H groups in total. The lowest BCUT2D eigenvalue weighted by Gasteiger charge is -2.54. The minimum absolute atomic E-state index is 0.0296. The Hall–Kier alpha value is -1.66. The van der Waals surface area contributed by atoms with Crippen molar-refractivity contribution in [3.8, 4) is 0 Å². The maximum absolute atomic E-state index is 13.2. The molecule has 1 aliphatic heterocycles. The molecule has 1 fully saturated rings. The SMILES string of the molecule is CC1(C)CC(N)CC(C)(C)N1C(=O)C(=O)Nc1ccc(F)c(Cl)c1. The molecule has 1 heterocycles. The number of hydrogen-bond acceptors (Lipinski definition) is 3. The summed E-state index contributed by atoms with van der Waals surface area (Å²) >= 11 is 5.70. The second-order valence-corrected chi connectivity index (χ2v) is 7.92. The zero-order valence-corrected chi connectivity index (χ0v) is 15.1. The standard InChI is InChI=1S/C17H23ClFN3O2/c1-16(2)8-10(20)9-17(3,4)22(16)15(24)14(23)21-11-5-6-13(19)12(18)7-11/h5-7,10H,8-9,20H2,1-4H3,(H,21,23). The number of carbonyl (C=O) groups excluding carboxylic acids is 2. The molecule has 0 aliphatic carbocycles. The van der Waals surface area contributed by atoms with Gasteiger partial charge >= 0.3 is 11.8 Å². The lowest BCUT2D eigenvalue weighted by Crippen LogP contribution is -2.66. The van der Waals surface area contributed by atoms with Gasteiger partial charge in [-0.3, -0.25) is 9.59 Å². The Morgan fingerprint density at radius 2 is 1.79 bits per heavy atom. The molecule has 0 aromatic heterocycles. The number of carbonyl (C=O) groups is 2. The summed E-state index contributed by atoms with van der Waals surface area (Å²) in [4.78, 5) is 26.7. The Bertz CT molecular complexity index is 658. The normalized spacial score (nSPS) is 19.9. The summed E-state index contributed by atoms with van der Waals surface area (Å²) in [6, 6.07) is 3.73. The molecule has 0 radical (unpaired) electrons. The van der Waals surface area contributed by atoms with Gasteiger partial charge in [-0.1, -0.05) is 11.6 Å². The summed E-state index contributed by atoms with van der Waals surface area (Å²) in [5.41, 5.74) is 5.27. The van der Waals surface area contributed by atoms with Crippen LogP contribution in [0.25, 0.3) is 0 Å². The zero-order valence-electron chi connectivity index (χ0n) is 14.3. The van der Waals surface area contributed by atoms with Crippen LogP contribution >= 0.6 is 11.6 Å². The Balaban J connectivity index is 2.22. The van der Waals surface area contributed by atoms with Gasteiger partial charge in [0.25, 0.3) is 0 Å². The molecule has 0 bridgehead atoms. The molecule has 1 aromatic carbocycles. The van der Waals surface area contributed by atoms with Crippen LogP contribution < -0.4 is 11.1 Å². The molecule has 0 spiro atoms. The number of nitrogens with zero attached hydrogens (tertiary/aromatic N) is 1. The van der Waals surface area contributed by atoms with Gasteiger partial charge in [-0.05, 0) is 58.7 Å². The molecule has 5 nitrogen and oxygen atoms in total. The van der Waals surface area contributed by atoms with Gasteiger partial charge in [0, 0.05) is 22.8 Å². The summed E-state index contributed by atoms with van der Waals surface area (Å²) < 4.78 is 13.2. The van der Waals surface area contributed by atoms with Crippen LogP contribution in [0.15, 0.2) is 18.2 Å². The third-order valence-electron chi connectivity index (χ3n) is 4.31. The van der Waals surface area contributed by atoms with Crippen molar-refractivity contribution in [3.05, 3.63) is 29.0 Å². The third kappa shape index (κ3) is 3.70. The van der Waals surface area contributed by atoms with Gasteiger partial charge in [0.15, 0.2) is 0 Å². The van der Waals surface area contributed by atoms with Crippen LogP contribution in [0.1, 0.15) is 40.5 Å². The molecule has 0 unspecified atom stereocenters. The van der Waals surface area contributed by atoms with E-state index in [1.165, 1.54) is 12.1 Å². The van der Waals surface area contributed by atoms with Crippen LogP contribution in [-0.4, -0.2) is 33.8 Å². The fourth-order valence-electron chi connectivity index (χ4n) is 3.77. The first kappa shape index (κ1) is 18.7. The zero-order chi connectivity index (χ0) is 18.3. The molecule has 0 saturated carbocycles. The fourth-order valence-corrected chi connectivity index (χ4v) is 3.95. The molecule has 1 aliphatic rings. The molecule has 0 atom stereocenters. The number of piperidine rings is 1. The minimum Gasteiger partial charge on any atom is -0.328 e. The van der Waals surface area contributed by atoms with Gasteiger partial charge in [0.2, 0.25) is 0 Å². The first-order valence-corrected chi connectivity index (χ1v) is 8.18. The maximum atomic E-state index is 13.2. The third-order valence-corrected chi connectivity index (χ3v) is 4.60. The van der Waals surface area contributed by atoms with E-state index in [1.807, 2.05) is 27.7 Å². The van der Waals surface area contributed by atoms with Gasteiger partial charge in [0.1, 0.15) is 5.82 Å². The number of rotatable bonds is 1. The molecule has 1 saturated heterocycles. The molecule has 132 valence electrons. The van der Waals surface area contributed by atoms with E-state index < -0.39 is 28.7 Å². The molecule has 1 aromatic rings. The van der Waals surface area contributed by atoms with E-state index in [-0.39, 0.29) is 16.8 Å². The van der Waals surface area contributed by atoms with Crippen molar-refractivity contribution in [2.24, 2.45) is 5.73 Å². The molecular formula is C17H23ClFN3O2. The van der Waals surface area contributed by atoms with E-state index in [2.05, 4.69) is 5.32 Å². The molecule has 2 amide bonds. The molecular weight excluding hydrogens is 333 g/mol. The Morgan fingerprint density at radius 1 is 1.25 bits per heavy atom. The van der Waals surface area contributed by atoms with Crippen LogP contribution in [0, 0.1) is 5.82 Å². The van der Waals surface area contributed by atoms with Crippen molar-refractivity contribution < 1.29 is 14.0 Å². The van der Waals surface area contributed by atoms with E-state index in [0.717, 1.165) is 6.07 Å². The Kier molecular flexibility index (Phi) is 4.93. The van der Waals surface area contributed by atoms with E-state index in [1.54, 1.807) is 4.90 Å². The molecule has 7 heteroatoms. The van der Waals surface area contributed by atoms with Crippen molar-refractivity contribution in [2.75, 3.05) is 5.32 Å². The van der Waals surface area contributed by atoms with Crippen molar-refractivity contribution in [1.29, 1.82) is 0 Å². The van der Waals surface area contributed by atoms with Gasteiger partial charge in [0.05, 0.1) is 5.02 Å². The van der Waals surface area contributed by atoms with Crippen LogP contribution in [0.3, 0.4) is 0 Å². The number of likely N-dealkylation sites (tertiary alicyclic amines) is 1. The highest BCUT2D eigenvalue weighted by Gasteiger charge is 2.48. The van der Waals surface area contributed by atoms with Crippen molar-refractivity contribution >= 4 is 29.1 Å². The summed E-state index contributed by atoms with van der Waals surface area (Å²) in [6.45, 7) is 7.59. The number of nitrogens with one attached hydrogen (secondary N) is 1. The minimum atomic E-state index is -0.783. The number of anilines is 1.